The minimum atomic E-state index is 0.0676. The molecule has 0 amide bonds. The van der Waals surface area contributed by atoms with Crippen molar-refractivity contribution >= 4 is 45.8 Å². The standard InChI is InChI=1S/C17H17IN2S/c1-17(2,3)12-6-4-5-7-14(12)20-15-9-8-11(18)10-13(15)19-16(20)21/h4-10H,1-3H3,(H,19,21). The molecule has 2 nitrogen and oxygen atoms in total. The fourth-order valence-corrected chi connectivity index (χ4v) is 3.42. The number of hydrogen-bond donors (Lipinski definition) is 1. The number of benzene rings is 2. The van der Waals surface area contributed by atoms with Gasteiger partial charge in [-0.15, -0.1) is 0 Å². The molecule has 4 heteroatoms. The van der Waals surface area contributed by atoms with Crippen LogP contribution >= 0.6 is 34.8 Å². The van der Waals surface area contributed by atoms with Crippen LogP contribution in [0.25, 0.3) is 16.7 Å². The molecule has 1 N–H and O–H groups in total. The number of aromatic nitrogens is 2. The van der Waals surface area contributed by atoms with Gasteiger partial charge in [-0.25, -0.2) is 0 Å². The zero-order valence-electron chi connectivity index (χ0n) is 12.3. The number of fused-ring (bicyclic) bond motifs is 1. The predicted octanol–water partition coefficient (Wildman–Crippen LogP) is 5.59. The zero-order valence-corrected chi connectivity index (χ0v) is 15.2. The summed E-state index contributed by atoms with van der Waals surface area (Å²) in [6, 6.07) is 14.8. The van der Waals surface area contributed by atoms with Crippen LogP contribution in [-0.4, -0.2) is 9.55 Å². The quantitative estimate of drug-likeness (QED) is 0.411. The molecule has 0 saturated heterocycles. The minimum absolute atomic E-state index is 0.0676. The van der Waals surface area contributed by atoms with Gasteiger partial charge in [0, 0.05) is 3.57 Å². The summed E-state index contributed by atoms with van der Waals surface area (Å²) < 4.78 is 4.08. The molecule has 0 aliphatic heterocycles. The summed E-state index contributed by atoms with van der Waals surface area (Å²) in [7, 11) is 0. The van der Waals surface area contributed by atoms with Crippen molar-refractivity contribution in [3.05, 3.63) is 56.4 Å². The van der Waals surface area contributed by atoms with Gasteiger partial charge in [-0.3, -0.25) is 4.57 Å². The van der Waals surface area contributed by atoms with Crippen LogP contribution in [0.4, 0.5) is 0 Å². The Kier molecular flexibility index (Phi) is 3.69. The molecule has 1 aromatic heterocycles. The van der Waals surface area contributed by atoms with E-state index in [0.717, 1.165) is 21.5 Å². The van der Waals surface area contributed by atoms with Gasteiger partial charge < -0.3 is 4.98 Å². The van der Waals surface area contributed by atoms with Crippen LogP contribution in [0.5, 0.6) is 0 Å². The number of rotatable bonds is 1. The van der Waals surface area contributed by atoms with E-state index >= 15 is 0 Å². The third-order valence-electron chi connectivity index (χ3n) is 3.60. The summed E-state index contributed by atoms with van der Waals surface area (Å²) in [6.07, 6.45) is 0. The minimum Gasteiger partial charge on any atom is -0.330 e. The van der Waals surface area contributed by atoms with Gasteiger partial charge in [-0.1, -0.05) is 39.0 Å². The van der Waals surface area contributed by atoms with Crippen molar-refractivity contribution in [1.82, 2.24) is 9.55 Å². The first kappa shape index (κ1) is 14.8. The van der Waals surface area contributed by atoms with Crippen LogP contribution in [0.2, 0.25) is 0 Å². The van der Waals surface area contributed by atoms with E-state index in [2.05, 4.69) is 95.4 Å². The molecule has 3 rings (SSSR count). The highest BCUT2D eigenvalue weighted by Crippen LogP contribution is 2.31. The van der Waals surface area contributed by atoms with Crippen LogP contribution in [0.3, 0.4) is 0 Å². The van der Waals surface area contributed by atoms with Crippen LogP contribution < -0.4 is 0 Å². The van der Waals surface area contributed by atoms with E-state index in [-0.39, 0.29) is 5.41 Å². The third kappa shape index (κ3) is 2.66. The number of imidazole rings is 1. The molecule has 3 aromatic rings. The van der Waals surface area contributed by atoms with Gasteiger partial charge in [0.1, 0.15) is 0 Å². The van der Waals surface area contributed by atoms with E-state index in [9.17, 15) is 0 Å². The van der Waals surface area contributed by atoms with Gasteiger partial charge in [0.25, 0.3) is 0 Å². The summed E-state index contributed by atoms with van der Waals surface area (Å²) >= 11 is 7.89. The molecule has 2 aromatic carbocycles. The first-order valence-electron chi connectivity index (χ1n) is 6.88. The second-order valence-electron chi connectivity index (χ2n) is 6.19. The molecule has 21 heavy (non-hydrogen) atoms. The highest BCUT2D eigenvalue weighted by atomic mass is 127. The SMILES string of the molecule is CC(C)(C)c1ccccc1-n1c(=S)[nH]c2cc(I)ccc21. The summed E-state index contributed by atoms with van der Waals surface area (Å²) in [4.78, 5) is 3.32. The molecule has 0 aliphatic carbocycles. The van der Waals surface area contributed by atoms with E-state index in [0.29, 0.717) is 0 Å². The van der Waals surface area contributed by atoms with Crippen LogP contribution in [-0.2, 0) is 5.41 Å². The van der Waals surface area contributed by atoms with Crippen molar-refractivity contribution in [1.29, 1.82) is 0 Å². The Hall–Kier alpha value is -1.14. The van der Waals surface area contributed by atoms with Gasteiger partial charge in [-0.2, -0.15) is 0 Å². The monoisotopic (exact) mass is 408 g/mol. The highest BCUT2D eigenvalue weighted by Gasteiger charge is 2.19. The fourth-order valence-electron chi connectivity index (χ4n) is 2.63. The molecule has 0 spiro atoms. The lowest BCUT2D eigenvalue weighted by Crippen LogP contribution is -2.15. The second kappa shape index (κ2) is 5.25. The number of halogens is 1. The van der Waals surface area contributed by atoms with Gasteiger partial charge in [0.15, 0.2) is 4.77 Å². The van der Waals surface area contributed by atoms with Crippen molar-refractivity contribution in [2.45, 2.75) is 26.2 Å². The van der Waals surface area contributed by atoms with Crippen molar-refractivity contribution in [2.75, 3.05) is 0 Å². The average molecular weight is 408 g/mol. The molecule has 0 unspecified atom stereocenters. The molecule has 0 saturated carbocycles. The number of nitrogens with one attached hydrogen (secondary N) is 1. The molecule has 0 bridgehead atoms. The lowest BCUT2D eigenvalue weighted by molar-refractivity contribution is 0.586. The van der Waals surface area contributed by atoms with Gasteiger partial charge in [0.05, 0.1) is 16.7 Å². The van der Waals surface area contributed by atoms with Gasteiger partial charge in [-0.05, 0) is 70.1 Å². The molecular weight excluding hydrogens is 391 g/mol. The van der Waals surface area contributed by atoms with Crippen molar-refractivity contribution in [2.24, 2.45) is 0 Å². The Morgan fingerprint density at radius 1 is 1.10 bits per heavy atom. The Bertz CT molecular complexity index is 868. The Balaban J connectivity index is 2.37. The highest BCUT2D eigenvalue weighted by molar-refractivity contribution is 14.1. The number of nitrogens with zero attached hydrogens (tertiary/aromatic N) is 1. The maximum Gasteiger partial charge on any atom is 0.182 e. The van der Waals surface area contributed by atoms with Gasteiger partial charge >= 0.3 is 0 Å². The largest absolute Gasteiger partial charge is 0.330 e. The van der Waals surface area contributed by atoms with E-state index in [1.54, 1.807) is 0 Å². The Morgan fingerprint density at radius 3 is 2.52 bits per heavy atom. The lowest BCUT2D eigenvalue weighted by Gasteiger charge is -2.23. The molecule has 108 valence electrons. The zero-order chi connectivity index (χ0) is 15.2. The summed E-state index contributed by atoms with van der Waals surface area (Å²) in [5, 5.41) is 0. The first-order chi connectivity index (χ1) is 9.88. The van der Waals surface area contributed by atoms with E-state index in [4.69, 9.17) is 12.2 Å². The molecule has 0 atom stereocenters. The molecule has 0 radical (unpaired) electrons. The number of aromatic amines is 1. The average Bonchev–Trinajstić information content (AvgIpc) is 2.72. The Labute approximate surface area is 143 Å². The van der Waals surface area contributed by atoms with E-state index in [1.165, 1.54) is 9.13 Å². The van der Waals surface area contributed by atoms with Crippen LogP contribution in [0.1, 0.15) is 26.3 Å². The maximum absolute atomic E-state index is 5.57. The topological polar surface area (TPSA) is 20.7 Å². The number of H-pyrrole nitrogens is 1. The summed E-state index contributed by atoms with van der Waals surface area (Å²) in [5.74, 6) is 0. The smallest absolute Gasteiger partial charge is 0.182 e. The predicted molar refractivity (Wildman–Crippen MR) is 99.9 cm³/mol. The fraction of sp³-hybridized carbons (Fsp3) is 0.235. The molecular formula is C17H17IN2S. The third-order valence-corrected chi connectivity index (χ3v) is 4.55. The van der Waals surface area contributed by atoms with Crippen LogP contribution in [0, 0.1) is 8.34 Å². The summed E-state index contributed by atoms with van der Waals surface area (Å²) in [6.45, 7) is 6.69. The number of hydrogen-bond acceptors (Lipinski definition) is 1. The summed E-state index contributed by atoms with van der Waals surface area (Å²) in [5.41, 5.74) is 4.72. The molecule has 1 heterocycles. The normalized spacial score (nSPS) is 12.0. The van der Waals surface area contributed by atoms with E-state index < -0.39 is 0 Å². The number of para-hydroxylation sites is 1. The van der Waals surface area contributed by atoms with E-state index in [1.807, 2.05) is 0 Å². The van der Waals surface area contributed by atoms with Crippen molar-refractivity contribution < 1.29 is 0 Å². The maximum atomic E-state index is 5.57. The van der Waals surface area contributed by atoms with Gasteiger partial charge in [0.2, 0.25) is 0 Å². The van der Waals surface area contributed by atoms with Crippen molar-refractivity contribution in [3.63, 3.8) is 0 Å². The second-order valence-corrected chi connectivity index (χ2v) is 7.83. The Morgan fingerprint density at radius 2 is 1.81 bits per heavy atom. The first-order valence-corrected chi connectivity index (χ1v) is 8.37. The van der Waals surface area contributed by atoms with Crippen LogP contribution in [0.15, 0.2) is 42.5 Å². The molecule has 0 fully saturated rings. The lowest BCUT2D eigenvalue weighted by atomic mass is 9.86. The molecule has 0 aliphatic rings. The van der Waals surface area contributed by atoms with Crippen molar-refractivity contribution in [3.8, 4) is 5.69 Å².